The Morgan fingerprint density at radius 3 is 2.47 bits per heavy atom. The highest BCUT2D eigenvalue weighted by Gasteiger charge is 1.99. The summed E-state index contributed by atoms with van der Waals surface area (Å²) in [7, 11) is 0. The van der Waals surface area contributed by atoms with E-state index < -0.39 is 0 Å². The Morgan fingerprint density at radius 1 is 1.12 bits per heavy atom. The van der Waals surface area contributed by atoms with Gasteiger partial charge in [0, 0.05) is 6.54 Å². The maximum Gasteiger partial charge on any atom is 0.193 e. The van der Waals surface area contributed by atoms with Crippen LogP contribution in [0, 0.1) is 11.3 Å². The molecule has 0 bridgehead atoms. The van der Waals surface area contributed by atoms with Gasteiger partial charge < -0.3 is 9.73 Å². The average molecular weight is 247 g/mol. The van der Waals surface area contributed by atoms with Crippen molar-refractivity contribution in [3.63, 3.8) is 0 Å². The Bertz CT molecular complexity index is 525. The van der Waals surface area contributed by atoms with E-state index in [4.69, 9.17) is 21.3 Å². The Kier molecular flexibility index (Phi) is 3.81. The third kappa shape index (κ3) is 3.35. The van der Waals surface area contributed by atoms with Crippen molar-refractivity contribution in [1.82, 2.24) is 5.32 Å². The van der Waals surface area contributed by atoms with Crippen LogP contribution in [0.1, 0.15) is 16.9 Å². The largest absolute Gasteiger partial charge is 0.448 e. The summed E-state index contributed by atoms with van der Waals surface area (Å²) in [4.78, 5) is 0. The van der Waals surface area contributed by atoms with Crippen LogP contribution in [-0.4, -0.2) is 0 Å². The molecule has 86 valence electrons. The minimum absolute atomic E-state index is 0.403. The SMILES string of the molecule is N#Cc1ccc(CNCc2ccc(Cl)o2)cc1. The molecule has 1 aromatic carbocycles. The molecule has 0 saturated carbocycles. The van der Waals surface area contributed by atoms with Crippen LogP contribution in [0.5, 0.6) is 0 Å². The van der Waals surface area contributed by atoms with Gasteiger partial charge in [-0.3, -0.25) is 0 Å². The van der Waals surface area contributed by atoms with Crippen molar-refractivity contribution in [1.29, 1.82) is 5.26 Å². The number of halogens is 1. The van der Waals surface area contributed by atoms with Gasteiger partial charge >= 0.3 is 0 Å². The summed E-state index contributed by atoms with van der Waals surface area (Å²) < 4.78 is 5.22. The Hall–Kier alpha value is -1.76. The molecule has 0 aliphatic heterocycles. The maximum atomic E-state index is 8.67. The van der Waals surface area contributed by atoms with Gasteiger partial charge in [0.2, 0.25) is 0 Å². The molecule has 1 heterocycles. The van der Waals surface area contributed by atoms with Crippen molar-refractivity contribution in [3.05, 3.63) is 58.5 Å². The third-order valence-corrected chi connectivity index (χ3v) is 2.54. The molecule has 17 heavy (non-hydrogen) atoms. The van der Waals surface area contributed by atoms with E-state index in [9.17, 15) is 0 Å². The first-order valence-electron chi connectivity index (χ1n) is 5.22. The minimum atomic E-state index is 0.403. The molecular weight excluding hydrogens is 236 g/mol. The minimum Gasteiger partial charge on any atom is -0.448 e. The van der Waals surface area contributed by atoms with Crippen molar-refractivity contribution < 1.29 is 4.42 Å². The molecule has 0 radical (unpaired) electrons. The fourth-order valence-electron chi connectivity index (χ4n) is 1.47. The van der Waals surface area contributed by atoms with Crippen LogP contribution >= 0.6 is 11.6 Å². The van der Waals surface area contributed by atoms with Gasteiger partial charge in [-0.15, -0.1) is 0 Å². The lowest BCUT2D eigenvalue weighted by molar-refractivity contribution is 0.484. The molecule has 4 heteroatoms. The van der Waals surface area contributed by atoms with Gasteiger partial charge in [0.25, 0.3) is 0 Å². The summed E-state index contributed by atoms with van der Waals surface area (Å²) in [5, 5.41) is 12.3. The molecule has 1 N–H and O–H groups in total. The Balaban J connectivity index is 1.84. The van der Waals surface area contributed by atoms with Crippen LogP contribution in [0.15, 0.2) is 40.8 Å². The molecular formula is C13H11ClN2O. The van der Waals surface area contributed by atoms with Gasteiger partial charge in [-0.2, -0.15) is 5.26 Å². The molecule has 0 saturated heterocycles. The van der Waals surface area contributed by atoms with Crippen molar-refractivity contribution in [3.8, 4) is 6.07 Å². The average Bonchev–Trinajstić information content (AvgIpc) is 2.76. The standard InChI is InChI=1S/C13H11ClN2O/c14-13-6-5-12(17-13)9-16-8-11-3-1-10(7-15)2-4-11/h1-6,16H,8-9H2. The number of nitriles is 1. The van der Waals surface area contributed by atoms with E-state index in [1.54, 1.807) is 18.2 Å². The topological polar surface area (TPSA) is 49.0 Å². The molecule has 0 spiro atoms. The summed E-state index contributed by atoms with van der Waals surface area (Å²) >= 11 is 5.66. The summed E-state index contributed by atoms with van der Waals surface area (Å²) in [6.07, 6.45) is 0. The highest BCUT2D eigenvalue weighted by Crippen LogP contribution is 2.12. The van der Waals surface area contributed by atoms with Gasteiger partial charge in [-0.05, 0) is 41.4 Å². The lowest BCUT2D eigenvalue weighted by atomic mass is 10.1. The smallest absolute Gasteiger partial charge is 0.193 e. The highest BCUT2D eigenvalue weighted by atomic mass is 35.5. The molecule has 0 fully saturated rings. The third-order valence-electron chi connectivity index (χ3n) is 2.34. The predicted molar refractivity (Wildman–Crippen MR) is 65.4 cm³/mol. The molecule has 2 aromatic rings. The molecule has 0 aliphatic carbocycles. The lowest BCUT2D eigenvalue weighted by Gasteiger charge is -2.02. The fourth-order valence-corrected chi connectivity index (χ4v) is 1.64. The Morgan fingerprint density at radius 2 is 1.88 bits per heavy atom. The summed E-state index contributed by atoms with van der Waals surface area (Å²) in [6.45, 7) is 1.36. The van der Waals surface area contributed by atoms with E-state index in [-0.39, 0.29) is 0 Å². The van der Waals surface area contributed by atoms with E-state index in [0.717, 1.165) is 17.9 Å². The first-order valence-corrected chi connectivity index (χ1v) is 5.60. The van der Waals surface area contributed by atoms with Gasteiger partial charge in [-0.1, -0.05) is 12.1 Å². The maximum absolute atomic E-state index is 8.67. The quantitative estimate of drug-likeness (QED) is 0.902. The van der Waals surface area contributed by atoms with Crippen LogP contribution in [0.25, 0.3) is 0 Å². The number of nitrogens with one attached hydrogen (secondary N) is 1. The number of benzene rings is 1. The van der Waals surface area contributed by atoms with Crippen LogP contribution in [0.2, 0.25) is 5.22 Å². The van der Waals surface area contributed by atoms with Crippen LogP contribution in [0.4, 0.5) is 0 Å². The van der Waals surface area contributed by atoms with Gasteiger partial charge in [0.15, 0.2) is 5.22 Å². The van der Waals surface area contributed by atoms with Crippen LogP contribution in [0.3, 0.4) is 0 Å². The van der Waals surface area contributed by atoms with Crippen LogP contribution in [-0.2, 0) is 13.1 Å². The van der Waals surface area contributed by atoms with Gasteiger partial charge in [0.1, 0.15) is 5.76 Å². The second kappa shape index (κ2) is 5.53. The molecule has 1 aromatic heterocycles. The summed E-state index contributed by atoms with van der Waals surface area (Å²) in [5.74, 6) is 0.809. The van der Waals surface area contributed by atoms with Gasteiger partial charge in [0.05, 0.1) is 18.2 Å². The molecule has 0 amide bonds. The van der Waals surface area contributed by atoms with Crippen molar-refractivity contribution in [2.75, 3.05) is 0 Å². The molecule has 0 unspecified atom stereocenters. The number of hydrogen-bond acceptors (Lipinski definition) is 3. The van der Waals surface area contributed by atoms with E-state index in [1.165, 1.54) is 0 Å². The second-order valence-corrected chi connectivity index (χ2v) is 3.99. The summed E-state index contributed by atoms with van der Waals surface area (Å²) in [6, 6.07) is 13.1. The fraction of sp³-hybridized carbons (Fsp3) is 0.154. The highest BCUT2D eigenvalue weighted by molar-refractivity contribution is 6.28. The van der Waals surface area contributed by atoms with Crippen molar-refractivity contribution in [2.45, 2.75) is 13.1 Å². The first kappa shape index (κ1) is 11.7. The normalized spacial score (nSPS) is 10.1. The second-order valence-electron chi connectivity index (χ2n) is 3.62. The van der Waals surface area contributed by atoms with Crippen molar-refractivity contribution >= 4 is 11.6 Å². The van der Waals surface area contributed by atoms with E-state index >= 15 is 0 Å². The zero-order chi connectivity index (χ0) is 12.1. The zero-order valence-electron chi connectivity index (χ0n) is 9.11. The molecule has 3 nitrogen and oxygen atoms in total. The zero-order valence-corrected chi connectivity index (χ0v) is 9.87. The predicted octanol–water partition coefficient (Wildman–Crippen LogP) is 3.09. The molecule has 0 atom stereocenters. The number of furan rings is 1. The summed E-state index contributed by atoms with van der Waals surface area (Å²) in [5.41, 5.74) is 1.80. The Labute approximate surface area is 105 Å². The molecule has 2 rings (SSSR count). The lowest BCUT2D eigenvalue weighted by Crippen LogP contribution is -2.11. The van der Waals surface area contributed by atoms with Crippen LogP contribution < -0.4 is 5.32 Å². The monoisotopic (exact) mass is 246 g/mol. The van der Waals surface area contributed by atoms with E-state index in [0.29, 0.717) is 17.3 Å². The number of rotatable bonds is 4. The van der Waals surface area contributed by atoms with E-state index in [2.05, 4.69) is 11.4 Å². The van der Waals surface area contributed by atoms with Gasteiger partial charge in [-0.25, -0.2) is 0 Å². The number of hydrogen-bond donors (Lipinski definition) is 1. The van der Waals surface area contributed by atoms with Crippen molar-refractivity contribution in [2.24, 2.45) is 0 Å². The first-order chi connectivity index (χ1) is 8.28. The molecule has 0 aliphatic rings. The number of nitrogens with zero attached hydrogens (tertiary/aromatic N) is 1. The van der Waals surface area contributed by atoms with E-state index in [1.807, 2.05) is 18.2 Å².